The Labute approximate surface area is 125 Å². The third kappa shape index (κ3) is 2.69. The molecule has 0 saturated carbocycles. The maximum atomic E-state index is 4.63. The second-order valence-electron chi connectivity index (χ2n) is 5.71. The topological polar surface area (TPSA) is 55.1 Å². The molecule has 0 fully saturated rings. The molecule has 0 atom stereocenters. The van der Waals surface area contributed by atoms with Gasteiger partial charge in [0.15, 0.2) is 0 Å². The fourth-order valence-corrected chi connectivity index (χ4v) is 3.29. The molecule has 0 amide bonds. The number of fused-ring (bicyclic) bond motifs is 1. The molecule has 0 unspecified atom stereocenters. The van der Waals surface area contributed by atoms with Gasteiger partial charge in [-0.3, -0.25) is 0 Å². The first-order chi connectivity index (χ1) is 9.41. The van der Waals surface area contributed by atoms with Crippen LogP contribution in [0, 0.1) is 6.92 Å². The number of aromatic nitrogens is 4. The van der Waals surface area contributed by atoms with Gasteiger partial charge in [-0.25, -0.2) is 14.5 Å². The summed E-state index contributed by atoms with van der Waals surface area (Å²) in [6.07, 6.45) is 3.91. The number of imidazole rings is 1. The van der Waals surface area contributed by atoms with Gasteiger partial charge in [0.25, 0.3) is 0 Å². The summed E-state index contributed by atoms with van der Waals surface area (Å²) < 4.78 is 1.85. The lowest BCUT2D eigenvalue weighted by Gasteiger charge is -2.13. The summed E-state index contributed by atoms with van der Waals surface area (Å²) in [5, 5.41) is 9.82. The molecule has 1 N–H and O–H groups in total. The minimum absolute atomic E-state index is 0.0567. The van der Waals surface area contributed by atoms with E-state index in [4.69, 9.17) is 0 Å². The van der Waals surface area contributed by atoms with Crippen LogP contribution in [0.5, 0.6) is 0 Å². The Morgan fingerprint density at radius 3 is 2.70 bits per heavy atom. The van der Waals surface area contributed by atoms with Crippen molar-refractivity contribution in [2.75, 3.05) is 5.32 Å². The summed E-state index contributed by atoms with van der Waals surface area (Å²) in [4.78, 5) is 11.0. The highest BCUT2D eigenvalue weighted by Crippen LogP contribution is 2.26. The normalized spacial score (nSPS) is 12.2. The van der Waals surface area contributed by atoms with Gasteiger partial charge < -0.3 is 5.32 Å². The number of anilines is 1. The van der Waals surface area contributed by atoms with Gasteiger partial charge in [0.2, 0.25) is 10.1 Å². The fourth-order valence-electron chi connectivity index (χ4n) is 1.78. The van der Waals surface area contributed by atoms with E-state index in [9.17, 15) is 0 Å². The second kappa shape index (κ2) is 4.82. The van der Waals surface area contributed by atoms with Crippen LogP contribution in [0.25, 0.3) is 4.96 Å². The molecule has 0 aliphatic heterocycles. The Hall–Kier alpha value is -1.47. The van der Waals surface area contributed by atoms with Crippen LogP contribution in [-0.2, 0) is 12.0 Å². The van der Waals surface area contributed by atoms with Crippen molar-refractivity contribution in [3.05, 3.63) is 28.0 Å². The molecule has 0 aliphatic rings. The van der Waals surface area contributed by atoms with E-state index in [1.807, 2.05) is 23.8 Å². The molecule has 0 bridgehead atoms. The minimum atomic E-state index is 0.0567. The number of rotatable bonds is 3. The molecular weight excluding hydrogens is 290 g/mol. The molecule has 20 heavy (non-hydrogen) atoms. The van der Waals surface area contributed by atoms with Crippen molar-refractivity contribution in [1.29, 1.82) is 0 Å². The van der Waals surface area contributed by atoms with E-state index in [0.717, 1.165) is 27.3 Å². The molecule has 0 saturated heterocycles. The average molecular weight is 307 g/mol. The number of hydrogen-bond donors (Lipinski definition) is 1. The van der Waals surface area contributed by atoms with Crippen LogP contribution >= 0.6 is 22.7 Å². The Bertz CT molecular complexity index is 700. The zero-order valence-corrected chi connectivity index (χ0v) is 13.6. The number of nitrogens with one attached hydrogen (secondary N) is 1. The van der Waals surface area contributed by atoms with Gasteiger partial charge in [0.1, 0.15) is 0 Å². The van der Waals surface area contributed by atoms with Crippen LogP contribution in [0.15, 0.2) is 12.4 Å². The lowest BCUT2D eigenvalue weighted by molar-refractivity contribution is 0.572. The number of nitrogens with zero attached hydrogens (tertiary/aromatic N) is 4. The maximum Gasteiger partial charge on any atom is 0.214 e. The second-order valence-corrected chi connectivity index (χ2v) is 7.98. The van der Waals surface area contributed by atoms with Gasteiger partial charge in [-0.15, -0.1) is 16.4 Å². The van der Waals surface area contributed by atoms with Crippen molar-refractivity contribution in [2.24, 2.45) is 0 Å². The smallest absolute Gasteiger partial charge is 0.214 e. The van der Waals surface area contributed by atoms with E-state index in [2.05, 4.69) is 41.2 Å². The summed E-state index contributed by atoms with van der Waals surface area (Å²) in [5.41, 5.74) is 1.13. The van der Waals surface area contributed by atoms with E-state index in [0.29, 0.717) is 0 Å². The van der Waals surface area contributed by atoms with Crippen molar-refractivity contribution >= 4 is 32.8 Å². The van der Waals surface area contributed by atoms with Gasteiger partial charge in [0.05, 0.1) is 23.4 Å². The third-order valence-corrected chi connectivity index (χ3v) is 4.69. The van der Waals surface area contributed by atoms with Crippen molar-refractivity contribution in [1.82, 2.24) is 19.6 Å². The Balaban J connectivity index is 1.75. The molecule has 0 aromatic carbocycles. The molecule has 3 aromatic heterocycles. The molecule has 5 nitrogen and oxygen atoms in total. The van der Waals surface area contributed by atoms with E-state index in [1.54, 1.807) is 22.7 Å². The van der Waals surface area contributed by atoms with Gasteiger partial charge >= 0.3 is 0 Å². The fraction of sp³-hybridized carbons (Fsp3) is 0.462. The van der Waals surface area contributed by atoms with Crippen molar-refractivity contribution in [3.63, 3.8) is 0 Å². The summed E-state index contributed by atoms with van der Waals surface area (Å²) in [7, 11) is 0. The summed E-state index contributed by atoms with van der Waals surface area (Å²) in [5.74, 6) is 0. The SMILES string of the molecule is Cc1ncc(CNc2nn3cc(C(C)(C)C)nc3s2)s1. The molecule has 0 spiro atoms. The van der Waals surface area contributed by atoms with Gasteiger partial charge in [-0.05, 0) is 6.92 Å². The van der Waals surface area contributed by atoms with Crippen LogP contribution in [0.2, 0.25) is 0 Å². The van der Waals surface area contributed by atoms with Crippen LogP contribution in [0.3, 0.4) is 0 Å². The highest BCUT2D eigenvalue weighted by molar-refractivity contribution is 7.20. The molecule has 3 heterocycles. The van der Waals surface area contributed by atoms with Gasteiger partial charge in [-0.1, -0.05) is 32.1 Å². The van der Waals surface area contributed by atoms with Gasteiger partial charge in [-0.2, -0.15) is 0 Å². The first-order valence-electron chi connectivity index (χ1n) is 6.44. The first kappa shape index (κ1) is 13.5. The molecule has 3 rings (SSSR count). The number of hydrogen-bond acceptors (Lipinski definition) is 6. The average Bonchev–Trinajstić information content (AvgIpc) is 2.98. The molecule has 7 heteroatoms. The third-order valence-electron chi connectivity index (χ3n) is 2.89. The Morgan fingerprint density at radius 2 is 2.10 bits per heavy atom. The van der Waals surface area contributed by atoms with Crippen LogP contribution in [-0.4, -0.2) is 19.6 Å². The zero-order chi connectivity index (χ0) is 14.3. The van der Waals surface area contributed by atoms with E-state index < -0.39 is 0 Å². The molecule has 0 radical (unpaired) electrons. The molecular formula is C13H17N5S2. The first-order valence-corrected chi connectivity index (χ1v) is 8.07. The highest BCUT2D eigenvalue weighted by Gasteiger charge is 2.19. The predicted octanol–water partition coefficient (Wildman–Crippen LogP) is 3.47. The molecule has 0 aliphatic carbocycles. The summed E-state index contributed by atoms with van der Waals surface area (Å²) in [6, 6.07) is 0. The summed E-state index contributed by atoms with van der Waals surface area (Å²) >= 11 is 3.28. The maximum absolute atomic E-state index is 4.63. The van der Waals surface area contributed by atoms with Crippen LogP contribution in [0.4, 0.5) is 5.13 Å². The predicted molar refractivity (Wildman–Crippen MR) is 83.7 cm³/mol. The van der Waals surface area contributed by atoms with E-state index in [-0.39, 0.29) is 5.41 Å². The number of thiazole rings is 1. The van der Waals surface area contributed by atoms with E-state index in [1.165, 1.54) is 4.88 Å². The summed E-state index contributed by atoms with van der Waals surface area (Å²) in [6.45, 7) is 9.24. The Kier molecular flexibility index (Phi) is 3.25. The van der Waals surface area contributed by atoms with Crippen molar-refractivity contribution in [3.8, 4) is 0 Å². The van der Waals surface area contributed by atoms with Crippen LogP contribution in [0.1, 0.15) is 36.3 Å². The van der Waals surface area contributed by atoms with Gasteiger partial charge in [0, 0.05) is 16.5 Å². The lowest BCUT2D eigenvalue weighted by atomic mass is 9.93. The Morgan fingerprint density at radius 1 is 1.30 bits per heavy atom. The zero-order valence-electron chi connectivity index (χ0n) is 12.0. The number of aryl methyl sites for hydroxylation is 1. The van der Waals surface area contributed by atoms with E-state index >= 15 is 0 Å². The minimum Gasteiger partial charge on any atom is -0.355 e. The van der Waals surface area contributed by atoms with Crippen molar-refractivity contribution in [2.45, 2.75) is 39.7 Å². The quantitative estimate of drug-likeness (QED) is 0.805. The lowest BCUT2D eigenvalue weighted by Crippen LogP contribution is -2.11. The standard InChI is InChI=1S/C13H17N5S2/c1-8-14-5-9(19-8)6-15-11-17-18-7-10(13(2,3)4)16-12(18)20-11/h5,7H,6H2,1-4H3,(H,15,17). The highest BCUT2D eigenvalue weighted by atomic mass is 32.1. The monoisotopic (exact) mass is 307 g/mol. The largest absolute Gasteiger partial charge is 0.355 e. The van der Waals surface area contributed by atoms with Crippen molar-refractivity contribution < 1.29 is 0 Å². The molecule has 106 valence electrons. The molecule has 3 aromatic rings. The van der Waals surface area contributed by atoms with Crippen LogP contribution < -0.4 is 5.32 Å².